The first kappa shape index (κ1) is 22.0. The highest BCUT2D eigenvalue weighted by Crippen LogP contribution is 2.25. The largest absolute Gasteiger partial charge is 0.496 e. The summed E-state index contributed by atoms with van der Waals surface area (Å²) in [5.74, 6) is -0.606. The van der Waals surface area contributed by atoms with Crippen LogP contribution in [0.15, 0.2) is 71.2 Å². The van der Waals surface area contributed by atoms with Gasteiger partial charge < -0.3 is 10.1 Å². The first-order valence-corrected chi connectivity index (χ1v) is 10.1. The van der Waals surface area contributed by atoms with Crippen molar-refractivity contribution in [3.05, 3.63) is 93.5 Å². The number of hydrazine groups is 1. The molecule has 0 heterocycles. The molecule has 8 heteroatoms. The van der Waals surface area contributed by atoms with Gasteiger partial charge in [-0.15, -0.1) is 0 Å². The van der Waals surface area contributed by atoms with Gasteiger partial charge in [0.05, 0.1) is 11.6 Å². The van der Waals surface area contributed by atoms with Gasteiger partial charge in [-0.25, -0.2) is 0 Å². The van der Waals surface area contributed by atoms with E-state index in [9.17, 15) is 14.4 Å². The lowest BCUT2D eigenvalue weighted by atomic mass is 10.1. The molecule has 158 valence electrons. The highest BCUT2D eigenvalue weighted by Gasteiger charge is 2.12. The maximum Gasteiger partial charge on any atom is 0.269 e. The van der Waals surface area contributed by atoms with Gasteiger partial charge in [0.2, 0.25) is 0 Å². The van der Waals surface area contributed by atoms with Crippen LogP contribution in [0.3, 0.4) is 0 Å². The van der Waals surface area contributed by atoms with Crippen LogP contribution in [0.4, 0.5) is 5.69 Å². The molecule has 0 aromatic heterocycles. The summed E-state index contributed by atoms with van der Waals surface area (Å²) >= 11 is 3.31. The van der Waals surface area contributed by atoms with Crippen molar-refractivity contribution < 1.29 is 19.1 Å². The first-order chi connectivity index (χ1) is 14.9. The summed E-state index contributed by atoms with van der Waals surface area (Å²) in [4.78, 5) is 36.8. The molecule has 0 unspecified atom stereocenters. The van der Waals surface area contributed by atoms with Crippen molar-refractivity contribution >= 4 is 39.3 Å². The molecule has 0 saturated heterocycles. The van der Waals surface area contributed by atoms with Gasteiger partial charge in [0.15, 0.2) is 0 Å². The molecular formula is C23H20BrN3O4. The molecule has 3 aromatic carbocycles. The van der Waals surface area contributed by atoms with Crippen molar-refractivity contribution in [2.75, 3.05) is 12.4 Å². The van der Waals surface area contributed by atoms with Gasteiger partial charge in [0.1, 0.15) is 5.75 Å². The van der Waals surface area contributed by atoms with Crippen LogP contribution in [-0.2, 0) is 0 Å². The molecule has 31 heavy (non-hydrogen) atoms. The molecule has 0 aliphatic rings. The molecule has 0 radical (unpaired) electrons. The number of carbonyl (C=O) groups is 3. The normalized spacial score (nSPS) is 10.2. The molecule has 3 amide bonds. The summed E-state index contributed by atoms with van der Waals surface area (Å²) in [6, 6.07) is 18.4. The van der Waals surface area contributed by atoms with Gasteiger partial charge in [-0.2, -0.15) is 0 Å². The Labute approximate surface area is 187 Å². The molecule has 3 aromatic rings. The summed E-state index contributed by atoms with van der Waals surface area (Å²) in [5, 5.41) is 2.78. The highest BCUT2D eigenvalue weighted by atomic mass is 79.9. The zero-order valence-electron chi connectivity index (χ0n) is 16.9. The Hall–Kier alpha value is -3.65. The van der Waals surface area contributed by atoms with E-state index in [1.165, 1.54) is 7.11 Å². The zero-order valence-corrected chi connectivity index (χ0v) is 18.4. The van der Waals surface area contributed by atoms with Gasteiger partial charge in [-0.05, 0) is 77.5 Å². The monoisotopic (exact) mass is 481 g/mol. The minimum atomic E-state index is -0.488. The van der Waals surface area contributed by atoms with E-state index in [1.54, 1.807) is 54.6 Å². The van der Waals surface area contributed by atoms with Gasteiger partial charge in [-0.1, -0.05) is 17.7 Å². The Kier molecular flexibility index (Phi) is 7.04. The van der Waals surface area contributed by atoms with Crippen molar-refractivity contribution in [1.29, 1.82) is 0 Å². The highest BCUT2D eigenvalue weighted by molar-refractivity contribution is 9.10. The Balaban J connectivity index is 1.57. The van der Waals surface area contributed by atoms with Crippen molar-refractivity contribution in [1.82, 2.24) is 10.9 Å². The Morgan fingerprint density at radius 1 is 0.774 bits per heavy atom. The molecule has 0 saturated carbocycles. The Morgan fingerprint density at radius 3 is 2.00 bits per heavy atom. The number of aryl methyl sites for hydroxylation is 1. The number of halogens is 1. The van der Waals surface area contributed by atoms with Gasteiger partial charge in [0, 0.05) is 22.4 Å². The molecule has 0 atom stereocenters. The maximum absolute atomic E-state index is 12.3. The number of ether oxygens (including phenoxy) is 1. The molecule has 0 bridgehead atoms. The lowest BCUT2D eigenvalue weighted by molar-refractivity contribution is 0.0846. The first-order valence-electron chi connectivity index (χ1n) is 9.29. The average Bonchev–Trinajstić information content (AvgIpc) is 2.77. The van der Waals surface area contributed by atoms with Crippen molar-refractivity contribution in [3.8, 4) is 5.75 Å². The maximum atomic E-state index is 12.3. The molecule has 3 N–H and O–H groups in total. The SMILES string of the molecule is COc1ccc(C(=O)NNC(=O)c2ccc(NC(=O)c3cccc(C)c3)cc2)cc1Br. The lowest BCUT2D eigenvalue weighted by Crippen LogP contribution is -2.41. The van der Waals surface area contributed by atoms with E-state index in [2.05, 4.69) is 32.1 Å². The number of rotatable bonds is 5. The van der Waals surface area contributed by atoms with E-state index >= 15 is 0 Å². The number of hydrogen-bond donors (Lipinski definition) is 3. The van der Waals surface area contributed by atoms with Gasteiger partial charge >= 0.3 is 0 Å². The fourth-order valence-corrected chi connectivity index (χ4v) is 3.30. The van der Waals surface area contributed by atoms with Crippen LogP contribution in [0.25, 0.3) is 0 Å². The van der Waals surface area contributed by atoms with Crippen molar-refractivity contribution in [3.63, 3.8) is 0 Å². The number of benzene rings is 3. The number of anilines is 1. The standard InChI is InChI=1S/C23H20BrN3O4/c1-14-4-3-5-16(12-14)21(28)25-18-9-6-15(7-10-18)22(29)26-27-23(30)17-8-11-20(31-2)19(24)13-17/h3-13H,1-2H3,(H,25,28)(H,26,29)(H,27,30). The molecule has 0 fully saturated rings. The number of methoxy groups -OCH3 is 1. The van der Waals surface area contributed by atoms with E-state index in [0.717, 1.165) is 5.56 Å². The van der Waals surface area contributed by atoms with E-state index in [-0.39, 0.29) is 5.91 Å². The van der Waals surface area contributed by atoms with Gasteiger partial charge in [-0.3, -0.25) is 25.2 Å². The zero-order chi connectivity index (χ0) is 22.4. The minimum absolute atomic E-state index is 0.237. The second kappa shape index (κ2) is 9.90. The van der Waals surface area contributed by atoms with Crippen LogP contribution in [0.5, 0.6) is 5.75 Å². The predicted octanol–water partition coefficient (Wildman–Crippen LogP) is 4.09. The number of carbonyl (C=O) groups excluding carboxylic acids is 3. The van der Waals surface area contributed by atoms with E-state index in [4.69, 9.17) is 4.74 Å². The quantitative estimate of drug-likeness (QED) is 0.478. The summed E-state index contributed by atoms with van der Waals surface area (Å²) in [6.45, 7) is 1.91. The smallest absolute Gasteiger partial charge is 0.269 e. The summed E-state index contributed by atoms with van der Waals surface area (Å²) in [7, 11) is 1.53. The second-order valence-electron chi connectivity index (χ2n) is 6.66. The predicted molar refractivity (Wildman–Crippen MR) is 121 cm³/mol. The molecule has 0 spiro atoms. The van der Waals surface area contributed by atoms with Crippen LogP contribution in [-0.4, -0.2) is 24.8 Å². The van der Waals surface area contributed by atoms with Crippen molar-refractivity contribution in [2.24, 2.45) is 0 Å². The topological polar surface area (TPSA) is 96.5 Å². The average molecular weight is 482 g/mol. The van der Waals surface area contributed by atoms with E-state index in [1.807, 2.05) is 19.1 Å². The van der Waals surface area contributed by atoms with E-state index < -0.39 is 11.8 Å². The van der Waals surface area contributed by atoms with Crippen LogP contribution in [0, 0.1) is 6.92 Å². The third kappa shape index (κ3) is 5.70. The van der Waals surface area contributed by atoms with Crippen LogP contribution < -0.4 is 20.9 Å². The summed E-state index contributed by atoms with van der Waals surface area (Å²) in [6.07, 6.45) is 0. The fraction of sp³-hybridized carbons (Fsp3) is 0.0870. The molecule has 0 aliphatic carbocycles. The third-order valence-corrected chi connectivity index (χ3v) is 5.01. The second-order valence-corrected chi connectivity index (χ2v) is 7.51. The molecular weight excluding hydrogens is 462 g/mol. The number of hydrogen-bond acceptors (Lipinski definition) is 4. The molecule has 3 rings (SSSR count). The number of amides is 3. The van der Waals surface area contributed by atoms with E-state index in [0.29, 0.717) is 32.6 Å². The van der Waals surface area contributed by atoms with Crippen LogP contribution in [0.1, 0.15) is 36.6 Å². The lowest BCUT2D eigenvalue weighted by Gasteiger charge is -2.10. The number of nitrogens with one attached hydrogen (secondary N) is 3. The van der Waals surface area contributed by atoms with Crippen molar-refractivity contribution in [2.45, 2.75) is 6.92 Å². The summed E-state index contributed by atoms with van der Waals surface area (Å²) < 4.78 is 5.75. The van der Waals surface area contributed by atoms with Gasteiger partial charge in [0.25, 0.3) is 17.7 Å². The molecule has 0 aliphatic heterocycles. The molecule has 7 nitrogen and oxygen atoms in total. The minimum Gasteiger partial charge on any atom is -0.496 e. The van der Waals surface area contributed by atoms with Crippen LogP contribution in [0.2, 0.25) is 0 Å². The Bertz CT molecular complexity index is 1130. The van der Waals surface area contributed by atoms with Crippen LogP contribution >= 0.6 is 15.9 Å². The summed E-state index contributed by atoms with van der Waals surface area (Å²) in [5.41, 5.74) is 7.50. The Morgan fingerprint density at radius 2 is 1.39 bits per heavy atom. The third-order valence-electron chi connectivity index (χ3n) is 4.39. The fourth-order valence-electron chi connectivity index (χ4n) is 2.76.